The molecule has 4 nitrogen and oxygen atoms in total. The molecule has 0 radical (unpaired) electrons. The Labute approximate surface area is 155 Å². The SMILES string of the molecule is Cc1ccc(NC(=O)CSCC(=O)NC(C)c2ccc(F)cc2F)cc1. The minimum Gasteiger partial charge on any atom is -0.349 e. The summed E-state index contributed by atoms with van der Waals surface area (Å²) in [5.74, 6) is -1.71. The van der Waals surface area contributed by atoms with E-state index in [0.29, 0.717) is 5.69 Å². The highest BCUT2D eigenvalue weighted by Crippen LogP contribution is 2.18. The normalized spacial score (nSPS) is 11.7. The highest BCUT2D eigenvalue weighted by Gasteiger charge is 2.14. The van der Waals surface area contributed by atoms with Crippen LogP contribution in [0.5, 0.6) is 0 Å². The molecule has 2 N–H and O–H groups in total. The van der Waals surface area contributed by atoms with Crippen LogP contribution in [0.4, 0.5) is 14.5 Å². The molecular formula is C19H20F2N2O2S. The van der Waals surface area contributed by atoms with Gasteiger partial charge in [-0.25, -0.2) is 8.78 Å². The van der Waals surface area contributed by atoms with Gasteiger partial charge in [0.05, 0.1) is 17.5 Å². The van der Waals surface area contributed by atoms with Crippen molar-refractivity contribution in [1.29, 1.82) is 0 Å². The van der Waals surface area contributed by atoms with Crippen molar-refractivity contribution in [3.63, 3.8) is 0 Å². The topological polar surface area (TPSA) is 58.2 Å². The van der Waals surface area contributed by atoms with Crippen LogP contribution in [0.1, 0.15) is 24.1 Å². The van der Waals surface area contributed by atoms with Crippen LogP contribution in [0.2, 0.25) is 0 Å². The number of thioether (sulfide) groups is 1. The number of nitrogens with one attached hydrogen (secondary N) is 2. The first-order chi connectivity index (χ1) is 12.3. The molecule has 2 rings (SSSR count). The standard InChI is InChI=1S/C19H20F2N2O2S/c1-12-3-6-15(7-4-12)23-19(25)11-26-10-18(24)22-13(2)16-8-5-14(20)9-17(16)21/h3-9,13H,10-11H2,1-2H3,(H,22,24)(H,23,25). The van der Waals surface area contributed by atoms with E-state index in [9.17, 15) is 18.4 Å². The molecule has 138 valence electrons. The minimum absolute atomic E-state index is 0.0640. The number of amides is 2. The predicted molar refractivity (Wildman–Crippen MR) is 100 cm³/mol. The zero-order chi connectivity index (χ0) is 19.1. The maximum Gasteiger partial charge on any atom is 0.234 e. The van der Waals surface area contributed by atoms with Gasteiger partial charge in [-0.15, -0.1) is 11.8 Å². The summed E-state index contributed by atoms with van der Waals surface area (Å²) >= 11 is 1.16. The first kappa shape index (κ1) is 19.9. The summed E-state index contributed by atoms with van der Waals surface area (Å²) in [6.07, 6.45) is 0. The Kier molecular flexibility index (Phi) is 7.15. The molecule has 0 spiro atoms. The van der Waals surface area contributed by atoms with Crippen LogP contribution < -0.4 is 10.6 Å². The number of anilines is 1. The van der Waals surface area contributed by atoms with Gasteiger partial charge in [-0.3, -0.25) is 9.59 Å². The van der Waals surface area contributed by atoms with E-state index >= 15 is 0 Å². The molecular weight excluding hydrogens is 358 g/mol. The molecule has 0 saturated carbocycles. The molecule has 7 heteroatoms. The van der Waals surface area contributed by atoms with Crippen molar-refractivity contribution < 1.29 is 18.4 Å². The van der Waals surface area contributed by atoms with Gasteiger partial charge in [0.15, 0.2) is 0 Å². The van der Waals surface area contributed by atoms with Gasteiger partial charge in [-0.05, 0) is 32.0 Å². The van der Waals surface area contributed by atoms with Crippen LogP contribution >= 0.6 is 11.8 Å². The molecule has 0 fully saturated rings. The molecule has 0 heterocycles. The van der Waals surface area contributed by atoms with Crippen LogP contribution in [0.3, 0.4) is 0 Å². The highest BCUT2D eigenvalue weighted by molar-refractivity contribution is 8.00. The third-order valence-corrected chi connectivity index (χ3v) is 4.54. The number of hydrogen-bond acceptors (Lipinski definition) is 3. The lowest BCUT2D eigenvalue weighted by Crippen LogP contribution is -2.29. The third kappa shape index (κ3) is 6.15. The molecule has 1 atom stereocenters. The van der Waals surface area contributed by atoms with Gasteiger partial charge >= 0.3 is 0 Å². The second-order valence-corrected chi connectivity index (χ2v) is 6.85. The molecule has 0 bridgehead atoms. The number of carbonyl (C=O) groups excluding carboxylic acids is 2. The number of benzene rings is 2. The van der Waals surface area contributed by atoms with Crippen LogP contribution in [-0.2, 0) is 9.59 Å². The summed E-state index contributed by atoms with van der Waals surface area (Å²) in [4.78, 5) is 23.8. The summed E-state index contributed by atoms with van der Waals surface area (Å²) in [6, 6.07) is 10.0. The summed E-state index contributed by atoms with van der Waals surface area (Å²) < 4.78 is 26.6. The van der Waals surface area contributed by atoms with Crippen LogP contribution in [0, 0.1) is 18.6 Å². The Morgan fingerprint density at radius 1 is 1.04 bits per heavy atom. The summed E-state index contributed by atoms with van der Waals surface area (Å²) in [7, 11) is 0. The van der Waals surface area contributed by atoms with Gasteiger partial charge in [0.1, 0.15) is 11.6 Å². The second kappa shape index (κ2) is 9.33. The van der Waals surface area contributed by atoms with E-state index < -0.39 is 17.7 Å². The molecule has 2 aromatic carbocycles. The van der Waals surface area contributed by atoms with Crippen molar-refractivity contribution in [1.82, 2.24) is 5.32 Å². The van der Waals surface area contributed by atoms with E-state index in [0.717, 1.165) is 29.5 Å². The Balaban J connectivity index is 1.74. The van der Waals surface area contributed by atoms with Crippen molar-refractivity contribution >= 4 is 29.3 Å². The van der Waals surface area contributed by atoms with Gasteiger partial charge in [-0.2, -0.15) is 0 Å². The van der Waals surface area contributed by atoms with Crippen LogP contribution in [-0.4, -0.2) is 23.3 Å². The summed E-state index contributed by atoms with van der Waals surface area (Å²) in [5.41, 5.74) is 2.01. The van der Waals surface area contributed by atoms with E-state index in [1.807, 2.05) is 31.2 Å². The fourth-order valence-electron chi connectivity index (χ4n) is 2.28. The lowest BCUT2D eigenvalue weighted by atomic mass is 10.1. The summed E-state index contributed by atoms with van der Waals surface area (Å²) in [6.45, 7) is 3.57. The molecule has 0 aliphatic carbocycles. The number of hydrogen-bond donors (Lipinski definition) is 2. The molecule has 1 unspecified atom stereocenters. The fraction of sp³-hybridized carbons (Fsp3) is 0.263. The van der Waals surface area contributed by atoms with Crippen molar-refractivity contribution in [3.05, 3.63) is 65.2 Å². The number of halogens is 2. The first-order valence-corrected chi connectivity index (χ1v) is 9.19. The van der Waals surface area contributed by atoms with Crippen molar-refractivity contribution in [2.24, 2.45) is 0 Å². The number of carbonyl (C=O) groups is 2. The third-order valence-electron chi connectivity index (χ3n) is 3.61. The fourth-order valence-corrected chi connectivity index (χ4v) is 2.91. The molecule has 0 aliphatic rings. The Morgan fingerprint density at radius 3 is 2.35 bits per heavy atom. The Bertz CT molecular complexity index is 782. The monoisotopic (exact) mass is 378 g/mol. The average molecular weight is 378 g/mol. The lowest BCUT2D eigenvalue weighted by molar-refractivity contribution is -0.119. The van der Waals surface area contributed by atoms with Gasteiger partial charge in [0, 0.05) is 17.3 Å². The van der Waals surface area contributed by atoms with E-state index in [1.54, 1.807) is 6.92 Å². The van der Waals surface area contributed by atoms with E-state index in [4.69, 9.17) is 0 Å². The molecule has 2 amide bonds. The van der Waals surface area contributed by atoms with Gasteiger partial charge in [0.2, 0.25) is 11.8 Å². The average Bonchev–Trinajstić information content (AvgIpc) is 2.56. The van der Waals surface area contributed by atoms with Gasteiger partial charge in [0.25, 0.3) is 0 Å². The highest BCUT2D eigenvalue weighted by atomic mass is 32.2. The molecule has 0 saturated heterocycles. The largest absolute Gasteiger partial charge is 0.349 e. The molecule has 2 aromatic rings. The lowest BCUT2D eigenvalue weighted by Gasteiger charge is -2.15. The van der Waals surface area contributed by atoms with Crippen molar-refractivity contribution in [3.8, 4) is 0 Å². The molecule has 0 aromatic heterocycles. The number of aryl methyl sites for hydroxylation is 1. The smallest absolute Gasteiger partial charge is 0.234 e. The maximum atomic E-state index is 13.7. The minimum atomic E-state index is -0.706. The first-order valence-electron chi connectivity index (χ1n) is 8.03. The molecule has 0 aliphatic heterocycles. The Morgan fingerprint density at radius 2 is 1.69 bits per heavy atom. The zero-order valence-corrected chi connectivity index (χ0v) is 15.3. The zero-order valence-electron chi connectivity index (χ0n) is 14.5. The van der Waals surface area contributed by atoms with E-state index in [2.05, 4.69) is 10.6 Å². The molecule has 26 heavy (non-hydrogen) atoms. The Hall–Kier alpha value is -2.41. The quantitative estimate of drug-likeness (QED) is 0.770. The van der Waals surface area contributed by atoms with Crippen LogP contribution in [0.15, 0.2) is 42.5 Å². The predicted octanol–water partition coefficient (Wildman–Crippen LogP) is 3.82. The number of rotatable bonds is 7. The maximum absolute atomic E-state index is 13.7. The van der Waals surface area contributed by atoms with Crippen molar-refractivity contribution in [2.75, 3.05) is 16.8 Å². The van der Waals surface area contributed by atoms with E-state index in [1.165, 1.54) is 6.07 Å². The second-order valence-electron chi connectivity index (χ2n) is 5.86. The van der Waals surface area contributed by atoms with Crippen LogP contribution in [0.25, 0.3) is 0 Å². The van der Waals surface area contributed by atoms with Crippen molar-refractivity contribution in [2.45, 2.75) is 19.9 Å². The van der Waals surface area contributed by atoms with Gasteiger partial charge in [-0.1, -0.05) is 23.8 Å². The van der Waals surface area contributed by atoms with E-state index in [-0.39, 0.29) is 28.9 Å². The van der Waals surface area contributed by atoms with Gasteiger partial charge < -0.3 is 10.6 Å². The summed E-state index contributed by atoms with van der Waals surface area (Å²) in [5, 5.41) is 5.38.